The first kappa shape index (κ1) is 19.4. The van der Waals surface area contributed by atoms with E-state index in [4.69, 9.17) is 4.74 Å². The standard InChI is InChI=1S/C19H21FN2O4/c1-3-9-22(18(25)26-13-14-7-5-4-6-8-14)19(2,17(23)24)15-10-16(20)12-21-11-15/h4-8,10-12H,3,9,13H2,1-2H3,(H,23,24). The van der Waals surface area contributed by atoms with Gasteiger partial charge in [-0.15, -0.1) is 0 Å². The molecule has 2 aromatic rings. The molecule has 1 N–H and O–H groups in total. The van der Waals surface area contributed by atoms with E-state index in [2.05, 4.69) is 4.98 Å². The largest absolute Gasteiger partial charge is 0.479 e. The molecular weight excluding hydrogens is 339 g/mol. The molecule has 7 heteroatoms. The van der Waals surface area contributed by atoms with Crippen molar-refractivity contribution in [2.24, 2.45) is 0 Å². The number of amides is 1. The molecule has 0 aliphatic rings. The van der Waals surface area contributed by atoms with Crippen LogP contribution in [-0.2, 0) is 21.7 Å². The number of hydrogen-bond donors (Lipinski definition) is 1. The molecule has 0 fully saturated rings. The molecule has 1 aromatic carbocycles. The highest BCUT2D eigenvalue weighted by molar-refractivity contribution is 5.85. The Balaban J connectivity index is 2.31. The average molecular weight is 360 g/mol. The summed E-state index contributed by atoms with van der Waals surface area (Å²) in [6.07, 6.45) is 1.94. The Labute approximate surface area is 151 Å². The van der Waals surface area contributed by atoms with E-state index >= 15 is 0 Å². The van der Waals surface area contributed by atoms with Crippen LogP contribution in [0.1, 0.15) is 31.4 Å². The minimum absolute atomic E-state index is 0.0109. The molecule has 0 bridgehead atoms. The molecule has 6 nitrogen and oxygen atoms in total. The van der Waals surface area contributed by atoms with Crippen LogP contribution in [0.4, 0.5) is 9.18 Å². The molecule has 0 aliphatic carbocycles. The number of pyridine rings is 1. The van der Waals surface area contributed by atoms with Gasteiger partial charge in [0.2, 0.25) is 0 Å². The summed E-state index contributed by atoms with van der Waals surface area (Å²) >= 11 is 0. The molecule has 1 heterocycles. The Morgan fingerprint density at radius 1 is 1.27 bits per heavy atom. The van der Waals surface area contributed by atoms with Crippen LogP contribution in [0.3, 0.4) is 0 Å². The maximum absolute atomic E-state index is 13.6. The molecule has 0 spiro atoms. The molecule has 0 saturated heterocycles. The smallest absolute Gasteiger partial charge is 0.411 e. The molecule has 138 valence electrons. The first-order valence-electron chi connectivity index (χ1n) is 8.22. The zero-order valence-electron chi connectivity index (χ0n) is 14.7. The predicted molar refractivity (Wildman–Crippen MR) is 92.8 cm³/mol. The number of ether oxygens (including phenoxy) is 1. The third-order valence-corrected chi connectivity index (χ3v) is 4.10. The molecular formula is C19H21FN2O4. The van der Waals surface area contributed by atoms with Gasteiger partial charge in [-0.05, 0) is 25.0 Å². The highest BCUT2D eigenvalue weighted by Gasteiger charge is 2.45. The summed E-state index contributed by atoms with van der Waals surface area (Å²) in [5.74, 6) is -1.97. The fourth-order valence-electron chi connectivity index (χ4n) is 2.59. The van der Waals surface area contributed by atoms with Crippen LogP contribution in [0.25, 0.3) is 0 Å². The van der Waals surface area contributed by atoms with E-state index < -0.39 is 23.4 Å². The first-order valence-corrected chi connectivity index (χ1v) is 8.22. The van der Waals surface area contributed by atoms with E-state index in [1.807, 2.05) is 25.1 Å². The van der Waals surface area contributed by atoms with Crippen LogP contribution in [0.2, 0.25) is 0 Å². The SMILES string of the molecule is CCCN(C(=O)OCc1ccccc1)C(C)(C(=O)O)c1cncc(F)c1. The summed E-state index contributed by atoms with van der Waals surface area (Å²) in [5, 5.41) is 9.81. The highest BCUT2D eigenvalue weighted by Crippen LogP contribution is 2.30. The third-order valence-electron chi connectivity index (χ3n) is 4.10. The van der Waals surface area contributed by atoms with Crippen LogP contribution >= 0.6 is 0 Å². The second-order valence-electron chi connectivity index (χ2n) is 5.96. The Morgan fingerprint density at radius 2 is 1.96 bits per heavy atom. The molecule has 0 aliphatic heterocycles. The molecule has 0 radical (unpaired) electrons. The monoisotopic (exact) mass is 360 g/mol. The molecule has 1 amide bonds. The van der Waals surface area contributed by atoms with Crippen molar-refractivity contribution in [1.29, 1.82) is 0 Å². The van der Waals surface area contributed by atoms with Gasteiger partial charge in [-0.1, -0.05) is 37.3 Å². The maximum atomic E-state index is 13.6. The minimum atomic E-state index is -1.81. The van der Waals surface area contributed by atoms with Crippen molar-refractivity contribution in [2.75, 3.05) is 6.54 Å². The van der Waals surface area contributed by atoms with E-state index in [-0.39, 0.29) is 18.7 Å². The minimum Gasteiger partial charge on any atom is -0.479 e. The summed E-state index contributed by atoms with van der Waals surface area (Å²) in [6, 6.07) is 10.1. The molecule has 1 aromatic heterocycles. The van der Waals surface area contributed by atoms with Crippen molar-refractivity contribution in [3.8, 4) is 0 Å². The Hall–Kier alpha value is -2.96. The van der Waals surface area contributed by atoms with Gasteiger partial charge in [0, 0.05) is 18.3 Å². The van der Waals surface area contributed by atoms with E-state index in [9.17, 15) is 19.1 Å². The van der Waals surface area contributed by atoms with Crippen molar-refractivity contribution in [2.45, 2.75) is 32.4 Å². The van der Waals surface area contributed by atoms with E-state index in [0.717, 1.165) is 22.7 Å². The second kappa shape index (κ2) is 8.42. The van der Waals surface area contributed by atoms with Crippen molar-refractivity contribution in [3.05, 3.63) is 65.7 Å². The van der Waals surface area contributed by atoms with Crippen molar-refractivity contribution < 1.29 is 23.8 Å². The van der Waals surface area contributed by atoms with Gasteiger partial charge in [0.25, 0.3) is 0 Å². The van der Waals surface area contributed by atoms with Gasteiger partial charge in [0.1, 0.15) is 12.4 Å². The Bertz CT molecular complexity index is 769. The number of halogens is 1. The van der Waals surface area contributed by atoms with Crippen LogP contribution in [0.5, 0.6) is 0 Å². The van der Waals surface area contributed by atoms with Gasteiger partial charge in [-0.3, -0.25) is 9.88 Å². The van der Waals surface area contributed by atoms with Crippen LogP contribution in [0.15, 0.2) is 48.8 Å². The Kier molecular flexibility index (Phi) is 6.27. The maximum Gasteiger partial charge on any atom is 0.411 e. The number of aliphatic carboxylic acids is 1. The van der Waals surface area contributed by atoms with Crippen molar-refractivity contribution in [1.82, 2.24) is 9.88 Å². The average Bonchev–Trinajstić information content (AvgIpc) is 2.64. The normalized spacial score (nSPS) is 12.9. The fraction of sp³-hybridized carbons (Fsp3) is 0.316. The first-order chi connectivity index (χ1) is 12.4. The number of rotatable bonds is 7. The highest BCUT2D eigenvalue weighted by atomic mass is 19.1. The summed E-state index contributed by atoms with van der Waals surface area (Å²) in [5.41, 5.74) is -0.962. The number of benzene rings is 1. The van der Waals surface area contributed by atoms with Crippen LogP contribution in [-0.4, -0.2) is 33.6 Å². The van der Waals surface area contributed by atoms with Crippen molar-refractivity contribution in [3.63, 3.8) is 0 Å². The summed E-state index contributed by atoms with van der Waals surface area (Å²) in [4.78, 5) is 29.5. The van der Waals surface area contributed by atoms with E-state index in [1.54, 1.807) is 12.1 Å². The molecule has 1 atom stereocenters. The van der Waals surface area contributed by atoms with Crippen molar-refractivity contribution >= 4 is 12.1 Å². The van der Waals surface area contributed by atoms with Gasteiger partial charge < -0.3 is 9.84 Å². The van der Waals surface area contributed by atoms with E-state index in [0.29, 0.717) is 6.42 Å². The lowest BCUT2D eigenvalue weighted by atomic mass is 9.91. The lowest BCUT2D eigenvalue weighted by Gasteiger charge is -2.37. The summed E-state index contributed by atoms with van der Waals surface area (Å²) < 4.78 is 18.9. The second-order valence-corrected chi connectivity index (χ2v) is 5.96. The van der Waals surface area contributed by atoms with Gasteiger partial charge in [-0.2, -0.15) is 0 Å². The number of hydrogen-bond acceptors (Lipinski definition) is 4. The summed E-state index contributed by atoms with van der Waals surface area (Å²) in [7, 11) is 0. The molecule has 0 saturated carbocycles. The number of nitrogens with zero attached hydrogens (tertiary/aromatic N) is 2. The number of carboxylic acid groups (broad SMARTS) is 1. The molecule has 26 heavy (non-hydrogen) atoms. The van der Waals surface area contributed by atoms with Crippen LogP contribution in [0, 0.1) is 5.82 Å². The lowest BCUT2D eigenvalue weighted by Crippen LogP contribution is -2.53. The van der Waals surface area contributed by atoms with Gasteiger partial charge >= 0.3 is 12.1 Å². The number of carboxylic acids is 1. The van der Waals surface area contributed by atoms with Gasteiger partial charge in [0.15, 0.2) is 5.54 Å². The topological polar surface area (TPSA) is 79.7 Å². The third kappa shape index (κ3) is 4.17. The predicted octanol–water partition coefficient (Wildman–Crippen LogP) is 3.57. The number of carbonyl (C=O) groups is 2. The molecule has 1 unspecified atom stereocenters. The van der Waals surface area contributed by atoms with Gasteiger partial charge in [-0.25, -0.2) is 14.0 Å². The quantitative estimate of drug-likeness (QED) is 0.816. The zero-order chi connectivity index (χ0) is 19.2. The molecule has 2 rings (SSSR count). The lowest BCUT2D eigenvalue weighted by molar-refractivity contribution is -0.150. The zero-order valence-corrected chi connectivity index (χ0v) is 14.7. The van der Waals surface area contributed by atoms with E-state index in [1.165, 1.54) is 13.1 Å². The fourth-order valence-corrected chi connectivity index (χ4v) is 2.59. The Morgan fingerprint density at radius 3 is 2.54 bits per heavy atom. The summed E-state index contributed by atoms with van der Waals surface area (Å²) in [6.45, 7) is 3.29. The number of aromatic nitrogens is 1. The number of carbonyl (C=O) groups excluding carboxylic acids is 1. The van der Waals surface area contributed by atoms with Gasteiger partial charge in [0.05, 0.1) is 6.20 Å². The van der Waals surface area contributed by atoms with Crippen LogP contribution < -0.4 is 0 Å².